The van der Waals surface area contributed by atoms with Crippen LogP contribution in [0.3, 0.4) is 0 Å². The van der Waals surface area contributed by atoms with Crippen molar-refractivity contribution in [1.29, 1.82) is 0 Å². The van der Waals surface area contributed by atoms with Gasteiger partial charge in [0.25, 0.3) is 0 Å². The average Bonchev–Trinajstić information content (AvgIpc) is 3.38. The summed E-state index contributed by atoms with van der Waals surface area (Å²) in [6, 6.07) is 3.31. The predicted octanol–water partition coefficient (Wildman–Crippen LogP) is 3.87. The van der Waals surface area contributed by atoms with Crippen LogP contribution < -0.4 is 15.8 Å². The molecule has 1 aliphatic carbocycles. The number of hydrogen-bond donors (Lipinski definition) is 2. The number of nitrogens with one attached hydrogen (secondary N) is 1. The third-order valence-corrected chi connectivity index (χ3v) is 7.76. The van der Waals surface area contributed by atoms with Crippen LogP contribution in [0.15, 0.2) is 52.6 Å². The van der Waals surface area contributed by atoms with Gasteiger partial charge in [-0.15, -0.1) is 0 Å². The number of rotatable bonds is 7. The largest absolute Gasteiger partial charge is 0.467 e. The van der Waals surface area contributed by atoms with Crippen molar-refractivity contribution in [2.24, 2.45) is 16.6 Å². The average molecular weight is 511 g/mol. The third-order valence-electron chi connectivity index (χ3n) is 6.49. The van der Waals surface area contributed by atoms with E-state index in [9.17, 15) is 8.78 Å². The third kappa shape index (κ3) is 3.79. The molecule has 0 amide bonds. The Kier molecular flexibility index (Phi) is 5.25. The van der Waals surface area contributed by atoms with Crippen LogP contribution in [0.2, 0.25) is 0 Å². The molecule has 0 aromatic carbocycles. The molecule has 4 aromatic heterocycles. The van der Waals surface area contributed by atoms with E-state index < -0.39 is 22.9 Å². The van der Waals surface area contributed by atoms with E-state index >= 15 is 0 Å². The first-order valence-corrected chi connectivity index (χ1v) is 11.9. The van der Waals surface area contributed by atoms with Crippen LogP contribution in [0, 0.1) is 11.9 Å². The molecule has 5 heterocycles. The molecule has 184 valence electrons. The van der Waals surface area contributed by atoms with Gasteiger partial charge in [-0.1, -0.05) is 11.8 Å². The van der Waals surface area contributed by atoms with E-state index in [1.807, 2.05) is 0 Å². The Labute approximate surface area is 207 Å². The quantitative estimate of drug-likeness (QED) is 0.352. The zero-order chi connectivity index (χ0) is 24.9. The fourth-order valence-electron chi connectivity index (χ4n) is 4.63. The fraction of sp³-hybridized carbons (Fsp3) is 0.304. The topological polar surface area (TPSA) is 137 Å². The molecule has 2 aliphatic rings. The van der Waals surface area contributed by atoms with E-state index in [1.165, 1.54) is 36.6 Å². The van der Waals surface area contributed by atoms with Crippen LogP contribution in [0.1, 0.15) is 24.8 Å². The summed E-state index contributed by atoms with van der Waals surface area (Å²) >= 11 is 1.23. The zero-order valence-corrected chi connectivity index (χ0v) is 19.8. The highest BCUT2D eigenvalue weighted by Gasteiger charge is 2.67. The summed E-state index contributed by atoms with van der Waals surface area (Å²) in [5.41, 5.74) is 6.70. The van der Waals surface area contributed by atoms with Crippen molar-refractivity contribution in [3.8, 4) is 5.88 Å². The van der Waals surface area contributed by atoms with Crippen molar-refractivity contribution in [3.05, 3.63) is 60.6 Å². The number of alkyl halides is 1. The molecule has 1 aliphatic heterocycles. The van der Waals surface area contributed by atoms with Crippen molar-refractivity contribution in [1.82, 2.24) is 24.9 Å². The van der Waals surface area contributed by atoms with Gasteiger partial charge in [0.15, 0.2) is 17.6 Å². The number of aliphatic imine (C=N–C) groups is 1. The van der Waals surface area contributed by atoms with Crippen molar-refractivity contribution in [3.63, 3.8) is 0 Å². The van der Waals surface area contributed by atoms with E-state index in [0.717, 1.165) is 0 Å². The molecule has 4 aromatic rings. The van der Waals surface area contributed by atoms with Crippen molar-refractivity contribution in [2.45, 2.75) is 30.2 Å². The molecule has 3 N–H and O–H groups in total. The Bertz CT molecular complexity index is 1490. The maximum atomic E-state index is 14.9. The minimum Gasteiger partial charge on any atom is -0.467 e. The lowest BCUT2D eigenvalue weighted by atomic mass is 9.86. The maximum absolute atomic E-state index is 14.9. The minimum absolute atomic E-state index is 0.113. The Hall–Kier alpha value is -3.87. The van der Waals surface area contributed by atoms with Gasteiger partial charge in [0, 0.05) is 17.7 Å². The highest BCUT2D eigenvalue weighted by atomic mass is 32.2. The first-order chi connectivity index (χ1) is 17.4. The van der Waals surface area contributed by atoms with Gasteiger partial charge in [0.2, 0.25) is 17.7 Å². The Balaban J connectivity index is 1.29. The highest BCUT2D eigenvalue weighted by Crippen LogP contribution is 2.66. The number of nitrogens with zero attached hydrogens (tertiary/aromatic N) is 6. The number of pyridine rings is 2. The number of anilines is 2. The van der Waals surface area contributed by atoms with Crippen molar-refractivity contribution in [2.75, 3.05) is 12.0 Å². The number of ether oxygens (including phenoxy) is 1. The normalized spacial score (nSPS) is 24.8. The molecular weight excluding hydrogens is 490 g/mol. The highest BCUT2D eigenvalue weighted by molar-refractivity contribution is 8.15. The van der Waals surface area contributed by atoms with E-state index in [-0.39, 0.29) is 23.3 Å². The van der Waals surface area contributed by atoms with Crippen LogP contribution in [0.5, 0.6) is 5.88 Å². The second-order valence-corrected chi connectivity index (χ2v) is 10.2. The van der Waals surface area contributed by atoms with Crippen molar-refractivity contribution >= 4 is 39.5 Å². The Morgan fingerprint density at radius 3 is 2.94 bits per heavy atom. The molecule has 6 rings (SSSR count). The summed E-state index contributed by atoms with van der Waals surface area (Å²) in [7, 11) is 0. The molecule has 1 fully saturated rings. The maximum Gasteiger partial charge on any atom is 0.233 e. The number of nitrogens with two attached hydrogens (primary N) is 1. The fourth-order valence-corrected chi connectivity index (χ4v) is 5.96. The Morgan fingerprint density at radius 2 is 2.14 bits per heavy atom. The van der Waals surface area contributed by atoms with Gasteiger partial charge >= 0.3 is 0 Å². The monoisotopic (exact) mass is 510 g/mol. The number of fused-ring (bicyclic) bond motifs is 2. The second-order valence-electron chi connectivity index (χ2n) is 8.79. The number of aromatic nitrogens is 5. The van der Waals surface area contributed by atoms with Gasteiger partial charge in [-0.2, -0.15) is 4.39 Å². The number of thioether (sulfide) groups is 1. The van der Waals surface area contributed by atoms with Gasteiger partial charge in [-0.05, 0) is 25.5 Å². The lowest BCUT2D eigenvalue weighted by Gasteiger charge is -2.33. The molecule has 0 unspecified atom stereocenters. The predicted molar refractivity (Wildman–Crippen MR) is 129 cm³/mol. The number of oxazole rings is 1. The first-order valence-electron chi connectivity index (χ1n) is 11.1. The van der Waals surface area contributed by atoms with Gasteiger partial charge in [0.05, 0.1) is 40.1 Å². The SMILES string of the molecule is C[C@]1(c2cc(Nc3nccc4nc(OCc5ncco5)cnc34)cnc2F)N=C(N)S[C@@]2(CF)C[C@H]21. The summed E-state index contributed by atoms with van der Waals surface area (Å²) in [6.07, 6.45) is 7.94. The lowest BCUT2D eigenvalue weighted by Crippen LogP contribution is -2.37. The van der Waals surface area contributed by atoms with E-state index in [1.54, 1.807) is 25.3 Å². The number of amidine groups is 1. The van der Waals surface area contributed by atoms with Gasteiger partial charge in [-0.3, -0.25) is 4.99 Å². The van der Waals surface area contributed by atoms with Gasteiger partial charge in [-0.25, -0.2) is 29.3 Å². The summed E-state index contributed by atoms with van der Waals surface area (Å²) < 4.78 is 38.8. The molecule has 10 nitrogen and oxygen atoms in total. The van der Waals surface area contributed by atoms with Gasteiger partial charge in [0.1, 0.15) is 18.5 Å². The van der Waals surface area contributed by atoms with Crippen LogP contribution in [-0.2, 0) is 12.1 Å². The second kappa shape index (κ2) is 8.36. The standard InChI is InChI=1S/C23H20F2N8O2S/c1-22(15-7-23(15,11-24)36-21(26)33-22)13-6-12(8-30-19(13)25)31-20-18-14(2-3-28-20)32-16(9-29-18)35-10-17-27-4-5-34-17/h2-6,8-9,15H,7,10-11H2,1H3,(H2,26,33)(H,28,31)/t15-,22+,23+/m0/s1. The molecule has 0 spiro atoms. The van der Waals surface area contributed by atoms with Crippen LogP contribution in [-0.4, -0.2) is 41.5 Å². The van der Waals surface area contributed by atoms with E-state index in [4.69, 9.17) is 14.9 Å². The molecule has 0 saturated heterocycles. The first kappa shape index (κ1) is 22.6. The van der Waals surface area contributed by atoms with E-state index in [0.29, 0.717) is 40.7 Å². The van der Waals surface area contributed by atoms with Gasteiger partial charge < -0.3 is 20.2 Å². The summed E-state index contributed by atoms with van der Waals surface area (Å²) in [4.78, 5) is 25.7. The summed E-state index contributed by atoms with van der Waals surface area (Å²) in [5, 5.41) is 3.38. The smallest absolute Gasteiger partial charge is 0.233 e. The zero-order valence-electron chi connectivity index (χ0n) is 19.0. The number of hydrogen-bond acceptors (Lipinski definition) is 11. The molecule has 0 radical (unpaired) electrons. The van der Waals surface area contributed by atoms with Crippen LogP contribution in [0.4, 0.5) is 20.3 Å². The Morgan fingerprint density at radius 1 is 1.25 bits per heavy atom. The molecule has 0 bridgehead atoms. The lowest BCUT2D eigenvalue weighted by molar-refractivity contribution is 0.253. The molecular formula is C23H20F2N8O2S. The molecule has 3 atom stereocenters. The van der Waals surface area contributed by atoms with Crippen molar-refractivity contribution < 1.29 is 17.9 Å². The molecule has 1 saturated carbocycles. The number of halogens is 2. The molecule has 36 heavy (non-hydrogen) atoms. The molecule has 13 heteroatoms. The van der Waals surface area contributed by atoms with Crippen LogP contribution in [0.25, 0.3) is 11.0 Å². The minimum atomic E-state index is -1.03. The summed E-state index contributed by atoms with van der Waals surface area (Å²) in [5.74, 6) is 0.248. The summed E-state index contributed by atoms with van der Waals surface area (Å²) in [6.45, 7) is 1.33. The van der Waals surface area contributed by atoms with Crippen LogP contribution >= 0.6 is 11.8 Å². The van der Waals surface area contributed by atoms with E-state index in [2.05, 4.69) is 35.2 Å².